The molecule has 2 amide bonds. The van der Waals surface area contributed by atoms with Crippen LogP contribution in [0.25, 0.3) is 22.0 Å². The van der Waals surface area contributed by atoms with Gasteiger partial charge in [0, 0.05) is 53.8 Å². The van der Waals surface area contributed by atoms with Gasteiger partial charge >= 0.3 is 0 Å². The number of carbonyl (C=O) groups is 2. The predicted octanol–water partition coefficient (Wildman–Crippen LogP) is 4.94. The highest BCUT2D eigenvalue weighted by Crippen LogP contribution is 2.40. The first-order valence-corrected chi connectivity index (χ1v) is 10.8. The molecule has 0 saturated carbocycles. The Morgan fingerprint density at radius 2 is 1.67 bits per heavy atom. The van der Waals surface area contributed by atoms with E-state index in [2.05, 4.69) is 4.98 Å². The first-order chi connectivity index (χ1) is 15.8. The SMILES string of the molecule is Cc1cc(Cl)ccc1Oc1ccc(N2C(=O)CCC2=O)cc1-c1cn(C)c(=O)c2[nH]ccc12. The average molecular weight is 462 g/mol. The second kappa shape index (κ2) is 7.94. The van der Waals surface area contributed by atoms with Crippen LogP contribution >= 0.6 is 11.6 Å². The van der Waals surface area contributed by atoms with Crippen molar-refractivity contribution in [3.05, 3.63) is 75.8 Å². The predicted molar refractivity (Wildman–Crippen MR) is 127 cm³/mol. The molecule has 2 aromatic heterocycles. The lowest BCUT2D eigenvalue weighted by molar-refractivity contribution is -0.121. The maximum Gasteiger partial charge on any atom is 0.274 e. The number of benzene rings is 2. The van der Waals surface area contributed by atoms with E-state index >= 15 is 0 Å². The largest absolute Gasteiger partial charge is 0.456 e. The Morgan fingerprint density at radius 3 is 2.39 bits per heavy atom. The number of aromatic nitrogens is 2. The van der Waals surface area contributed by atoms with Gasteiger partial charge in [0.25, 0.3) is 5.56 Å². The van der Waals surface area contributed by atoms with Crippen molar-refractivity contribution in [2.24, 2.45) is 7.05 Å². The smallest absolute Gasteiger partial charge is 0.274 e. The van der Waals surface area contributed by atoms with Gasteiger partial charge in [-0.05, 0) is 55.0 Å². The van der Waals surface area contributed by atoms with Gasteiger partial charge in [-0.3, -0.25) is 19.3 Å². The van der Waals surface area contributed by atoms with Gasteiger partial charge < -0.3 is 14.3 Å². The van der Waals surface area contributed by atoms with Gasteiger partial charge in [0.05, 0.1) is 5.69 Å². The number of anilines is 1. The van der Waals surface area contributed by atoms with Crippen LogP contribution in [-0.4, -0.2) is 21.4 Å². The number of hydrogen-bond acceptors (Lipinski definition) is 4. The Hall–Kier alpha value is -3.84. The zero-order chi connectivity index (χ0) is 23.3. The number of pyridine rings is 1. The topological polar surface area (TPSA) is 84.4 Å². The summed E-state index contributed by atoms with van der Waals surface area (Å²) in [5.74, 6) is 0.669. The van der Waals surface area contributed by atoms with Gasteiger partial charge in [-0.15, -0.1) is 0 Å². The van der Waals surface area contributed by atoms with Gasteiger partial charge in [-0.1, -0.05) is 11.6 Å². The van der Waals surface area contributed by atoms with Crippen LogP contribution in [0.1, 0.15) is 18.4 Å². The highest BCUT2D eigenvalue weighted by molar-refractivity contribution is 6.30. The molecule has 5 rings (SSSR count). The van der Waals surface area contributed by atoms with E-state index in [1.807, 2.05) is 19.1 Å². The summed E-state index contributed by atoms with van der Waals surface area (Å²) in [5, 5.41) is 1.32. The first-order valence-electron chi connectivity index (χ1n) is 10.4. The number of aromatic amines is 1. The summed E-state index contributed by atoms with van der Waals surface area (Å²) in [5.41, 5.74) is 3.01. The van der Waals surface area contributed by atoms with Gasteiger partial charge in [-0.2, -0.15) is 0 Å². The summed E-state index contributed by atoms with van der Waals surface area (Å²) in [7, 11) is 1.67. The number of rotatable bonds is 4. The Balaban J connectivity index is 1.73. The fourth-order valence-electron chi connectivity index (χ4n) is 4.15. The Kier molecular flexibility index (Phi) is 5.06. The van der Waals surface area contributed by atoms with Gasteiger partial charge in [0.15, 0.2) is 0 Å². The van der Waals surface area contributed by atoms with Crippen LogP contribution in [-0.2, 0) is 16.6 Å². The molecule has 0 spiro atoms. The molecule has 0 radical (unpaired) electrons. The fraction of sp³-hybridized carbons (Fsp3) is 0.160. The molecule has 1 aliphatic rings. The molecule has 0 bridgehead atoms. The molecule has 2 aromatic carbocycles. The summed E-state index contributed by atoms with van der Waals surface area (Å²) < 4.78 is 7.76. The number of aryl methyl sites for hydroxylation is 2. The number of halogens is 1. The van der Waals surface area contributed by atoms with Crippen LogP contribution in [0.4, 0.5) is 5.69 Å². The molecule has 7 nitrogen and oxygen atoms in total. The van der Waals surface area contributed by atoms with Crippen molar-refractivity contribution in [3.63, 3.8) is 0 Å². The highest BCUT2D eigenvalue weighted by atomic mass is 35.5. The Morgan fingerprint density at radius 1 is 0.939 bits per heavy atom. The summed E-state index contributed by atoms with van der Waals surface area (Å²) >= 11 is 6.09. The highest BCUT2D eigenvalue weighted by Gasteiger charge is 2.31. The quantitative estimate of drug-likeness (QED) is 0.436. The number of fused-ring (bicyclic) bond motifs is 1. The van der Waals surface area contributed by atoms with Crippen LogP contribution in [0, 0.1) is 6.92 Å². The monoisotopic (exact) mass is 461 g/mol. The number of ether oxygens (including phenoxy) is 1. The third-order valence-electron chi connectivity index (χ3n) is 5.81. The third-order valence-corrected chi connectivity index (χ3v) is 6.05. The molecule has 33 heavy (non-hydrogen) atoms. The van der Waals surface area contributed by atoms with Crippen LogP contribution in [0.15, 0.2) is 59.7 Å². The maximum atomic E-state index is 12.6. The molecular formula is C25H20ClN3O4. The standard InChI is InChI=1S/C25H20ClN3O4/c1-14-11-15(26)3-5-20(14)33-21-6-4-16(29-22(30)7-8-23(29)31)12-18(21)19-13-28(2)25(32)24-17(19)9-10-27-24/h3-6,9-13,27H,7-8H2,1-2H3. The molecule has 0 atom stereocenters. The zero-order valence-electron chi connectivity index (χ0n) is 18.0. The van der Waals surface area contributed by atoms with Crippen molar-refractivity contribution < 1.29 is 14.3 Å². The molecule has 1 saturated heterocycles. The van der Waals surface area contributed by atoms with Gasteiger partial charge in [-0.25, -0.2) is 0 Å². The number of nitrogens with one attached hydrogen (secondary N) is 1. The summed E-state index contributed by atoms with van der Waals surface area (Å²) in [4.78, 5) is 41.5. The number of imide groups is 1. The first kappa shape index (κ1) is 21.0. The second-order valence-corrected chi connectivity index (χ2v) is 8.48. The van der Waals surface area contributed by atoms with Crippen molar-refractivity contribution in [2.75, 3.05) is 4.90 Å². The fourth-order valence-corrected chi connectivity index (χ4v) is 4.38. The van der Waals surface area contributed by atoms with E-state index in [4.69, 9.17) is 16.3 Å². The molecule has 166 valence electrons. The Labute approximate surface area is 194 Å². The van der Waals surface area contributed by atoms with Crippen LogP contribution < -0.4 is 15.2 Å². The lowest BCUT2D eigenvalue weighted by Crippen LogP contribution is -2.28. The zero-order valence-corrected chi connectivity index (χ0v) is 18.8. The lowest BCUT2D eigenvalue weighted by Gasteiger charge is -2.19. The Bertz CT molecular complexity index is 1490. The average Bonchev–Trinajstić information content (AvgIpc) is 3.40. The van der Waals surface area contributed by atoms with E-state index in [-0.39, 0.29) is 30.2 Å². The molecule has 0 aliphatic carbocycles. The van der Waals surface area contributed by atoms with Crippen molar-refractivity contribution in [2.45, 2.75) is 19.8 Å². The van der Waals surface area contributed by atoms with Gasteiger partial charge in [0.1, 0.15) is 17.0 Å². The minimum atomic E-state index is -0.236. The van der Waals surface area contributed by atoms with Crippen molar-refractivity contribution >= 4 is 40.0 Å². The van der Waals surface area contributed by atoms with E-state index in [0.29, 0.717) is 38.7 Å². The van der Waals surface area contributed by atoms with Crippen molar-refractivity contribution in [3.8, 4) is 22.6 Å². The second-order valence-electron chi connectivity index (χ2n) is 8.04. The van der Waals surface area contributed by atoms with Crippen molar-refractivity contribution in [1.29, 1.82) is 0 Å². The minimum absolute atomic E-state index is 0.157. The number of amides is 2. The summed E-state index contributed by atoms with van der Waals surface area (Å²) in [6.07, 6.45) is 3.82. The minimum Gasteiger partial charge on any atom is -0.456 e. The van der Waals surface area contributed by atoms with E-state index in [1.165, 1.54) is 9.47 Å². The molecule has 1 N–H and O–H groups in total. The van der Waals surface area contributed by atoms with E-state index < -0.39 is 0 Å². The van der Waals surface area contributed by atoms with Gasteiger partial charge in [0.2, 0.25) is 11.8 Å². The molecular weight excluding hydrogens is 442 g/mol. The number of H-pyrrole nitrogens is 1. The molecule has 1 aliphatic heterocycles. The van der Waals surface area contributed by atoms with Crippen molar-refractivity contribution in [1.82, 2.24) is 9.55 Å². The number of nitrogens with zero attached hydrogens (tertiary/aromatic N) is 2. The van der Waals surface area contributed by atoms with E-state index in [9.17, 15) is 14.4 Å². The normalized spacial score (nSPS) is 13.8. The summed E-state index contributed by atoms with van der Waals surface area (Å²) in [6, 6.07) is 12.4. The number of hydrogen-bond donors (Lipinski definition) is 1. The molecule has 1 fully saturated rings. The van der Waals surface area contributed by atoms with Crippen LogP contribution in [0.3, 0.4) is 0 Å². The maximum absolute atomic E-state index is 12.6. The van der Waals surface area contributed by atoms with E-state index in [0.717, 1.165) is 11.1 Å². The lowest BCUT2D eigenvalue weighted by atomic mass is 10.0. The number of carbonyl (C=O) groups excluding carboxylic acids is 2. The molecule has 8 heteroatoms. The molecule has 0 unspecified atom stereocenters. The molecule has 4 aromatic rings. The third kappa shape index (κ3) is 3.60. The van der Waals surface area contributed by atoms with E-state index in [1.54, 1.807) is 49.8 Å². The van der Waals surface area contributed by atoms with Crippen LogP contribution in [0.5, 0.6) is 11.5 Å². The summed E-state index contributed by atoms with van der Waals surface area (Å²) in [6.45, 7) is 1.90. The van der Waals surface area contributed by atoms with Crippen LogP contribution in [0.2, 0.25) is 5.02 Å². The molecule has 3 heterocycles.